The lowest BCUT2D eigenvalue weighted by atomic mass is 10.0. The van der Waals surface area contributed by atoms with Crippen LogP contribution >= 0.6 is 22.9 Å². The van der Waals surface area contributed by atoms with E-state index in [-0.39, 0.29) is 25.1 Å². The molecule has 2 N–H and O–H groups in total. The molecule has 0 aliphatic carbocycles. The minimum Gasteiger partial charge on any atom is -0.392 e. The number of carbonyl (C=O) groups is 1. The van der Waals surface area contributed by atoms with Crippen molar-refractivity contribution < 1.29 is 19.0 Å². The van der Waals surface area contributed by atoms with E-state index in [0.717, 1.165) is 11.1 Å². The van der Waals surface area contributed by atoms with E-state index in [0.29, 0.717) is 45.9 Å². The van der Waals surface area contributed by atoms with Crippen LogP contribution in [-0.2, 0) is 24.4 Å². The fourth-order valence-electron chi connectivity index (χ4n) is 4.36. The molecule has 0 spiro atoms. The van der Waals surface area contributed by atoms with Gasteiger partial charge in [-0.25, -0.2) is 14.4 Å². The molecule has 3 aromatic heterocycles. The van der Waals surface area contributed by atoms with Crippen molar-refractivity contribution in [1.29, 1.82) is 0 Å². The number of rotatable bonds is 8. The summed E-state index contributed by atoms with van der Waals surface area (Å²) in [4.78, 5) is 23.8. The molecular formula is C25H23ClFN5O3S. The van der Waals surface area contributed by atoms with Crippen LogP contribution in [0, 0.1) is 5.82 Å². The Morgan fingerprint density at radius 3 is 2.89 bits per heavy atom. The number of methoxy groups -OCH3 is 1. The summed E-state index contributed by atoms with van der Waals surface area (Å²) in [6.07, 6.45) is 5.15. The van der Waals surface area contributed by atoms with Gasteiger partial charge in [-0.3, -0.25) is 4.79 Å². The van der Waals surface area contributed by atoms with Crippen LogP contribution in [0.1, 0.15) is 21.6 Å². The molecule has 4 aromatic rings. The number of pyridine rings is 1. The van der Waals surface area contributed by atoms with E-state index < -0.39 is 5.82 Å². The SMILES string of the molecule is COC[C@H]1Cn2cc(-c3cc(Nc4nccs4)ncc3Cl)cc2C(=O)N1Cc1cc(F)ccc1CO. The summed E-state index contributed by atoms with van der Waals surface area (Å²) in [6, 6.07) is 7.53. The van der Waals surface area contributed by atoms with Crippen molar-refractivity contribution in [3.63, 3.8) is 0 Å². The van der Waals surface area contributed by atoms with Crippen molar-refractivity contribution in [3.8, 4) is 11.1 Å². The van der Waals surface area contributed by atoms with Crippen molar-refractivity contribution in [1.82, 2.24) is 19.4 Å². The smallest absolute Gasteiger partial charge is 0.271 e. The molecule has 1 aliphatic heterocycles. The number of benzene rings is 1. The Labute approximate surface area is 215 Å². The lowest BCUT2D eigenvalue weighted by Gasteiger charge is -2.36. The highest BCUT2D eigenvalue weighted by Gasteiger charge is 2.34. The fraction of sp³-hybridized carbons (Fsp3) is 0.240. The van der Waals surface area contributed by atoms with Gasteiger partial charge in [-0.1, -0.05) is 17.7 Å². The van der Waals surface area contributed by atoms with E-state index in [4.69, 9.17) is 16.3 Å². The van der Waals surface area contributed by atoms with Gasteiger partial charge in [-0.05, 0) is 35.4 Å². The summed E-state index contributed by atoms with van der Waals surface area (Å²) in [5.74, 6) is -0.0505. The van der Waals surface area contributed by atoms with Gasteiger partial charge in [0.25, 0.3) is 5.91 Å². The van der Waals surface area contributed by atoms with E-state index in [1.54, 1.807) is 30.5 Å². The predicted molar refractivity (Wildman–Crippen MR) is 136 cm³/mol. The Morgan fingerprint density at radius 2 is 2.14 bits per heavy atom. The monoisotopic (exact) mass is 527 g/mol. The average Bonchev–Trinajstić information content (AvgIpc) is 3.53. The Morgan fingerprint density at radius 1 is 1.28 bits per heavy atom. The summed E-state index contributed by atoms with van der Waals surface area (Å²) in [5, 5.41) is 15.9. The molecule has 4 heterocycles. The summed E-state index contributed by atoms with van der Waals surface area (Å²) in [6.45, 7) is 0.704. The predicted octanol–water partition coefficient (Wildman–Crippen LogP) is 4.71. The molecule has 8 nitrogen and oxygen atoms in total. The Hall–Kier alpha value is -3.31. The molecule has 1 aromatic carbocycles. The van der Waals surface area contributed by atoms with Gasteiger partial charge < -0.3 is 24.6 Å². The van der Waals surface area contributed by atoms with Crippen LogP contribution in [0.4, 0.5) is 15.3 Å². The summed E-state index contributed by atoms with van der Waals surface area (Å²) < 4.78 is 21.2. The molecule has 5 rings (SSSR count). The second kappa shape index (κ2) is 10.4. The maximum absolute atomic E-state index is 14.0. The molecule has 1 amide bonds. The molecule has 36 heavy (non-hydrogen) atoms. The fourth-order valence-corrected chi connectivity index (χ4v) is 5.11. The number of hydrogen-bond acceptors (Lipinski definition) is 7. The summed E-state index contributed by atoms with van der Waals surface area (Å²) in [5.41, 5.74) is 3.12. The second-order valence-corrected chi connectivity index (χ2v) is 9.69. The number of aliphatic hydroxyl groups is 1. The van der Waals surface area contributed by atoms with Gasteiger partial charge >= 0.3 is 0 Å². The molecular weight excluding hydrogens is 505 g/mol. The molecule has 0 bridgehead atoms. The number of thiazole rings is 1. The highest BCUT2D eigenvalue weighted by atomic mass is 35.5. The van der Waals surface area contributed by atoms with Gasteiger partial charge in [0.15, 0.2) is 5.13 Å². The third kappa shape index (κ3) is 4.85. The largest absolute Gasteiger partial charge is 0.392 e. The highest BCUT2D eigenvalue weighted by Crippen LogP contribution is 2.34. The molecule has 1 atom stereocenters. The standard InChI is InChI=1S/C25H23ClFN5O3S/c1-35-14-19-12-31-10-17(20-8-23(29-9-21(20)26)30-25-28-4-5-36-25)7-22(31)24(34)32(19)11-16-6-18(27)3-2-15(16)13-33/h2-10,19,33H,11-14H2,1H3,(H,28,29,30)/t19-/m1/s1. The van der Waals surface area contributed by atoms with Crippen molar-refractivity contribution in [3.05, 3.63) is 82.0 Å². The minimum atomic E-state index is -0.421. The van der Waals surface area contributed by atoms with Crippen molar-refractivity contribution >= 4 is 39.8 Å². The van der Waals surface area contributed by atoms with Crippen LogP contribution in [0.5, 0.6) is 0 Å². The van der Waals surface area contributed by atoms with E-state index in [1.807, 2.05) is 22.2 Å². The third-order valence-electron chi connectivity index (χ3n) is 6.10. The van der Waals surface area contributed by atoms with E-state index in [1.165, 1.54) is 29.5 Å². The number of fused-ring (bicyclic) bond motifs is 1. The zero-order valence-corrected chi connectivity index (χ0v) is 20.9. The molecule has 11 heteroatoms. The van der Waals surface area contributed by atoms with Crippen LogP contribution in [0.15, 0.2) is 54.3 Å². The Balaban J connectivity index is 1.48. The number of aliphatic hydroxyl groups excluding tert-OH is 1. The van der Waals surface area contributed by atoms with Crippen LogP contribution in [-0.4, -0.2) is 50.2 Å². The molecule has 0 radical (unpaired) electrons. The third-order valence-corrected chi connectivity index (χ3v) is 7.09. The number of carbonyl (C=O) groups excluding carboxylic acids is 1. The van der Waals surface area contributed by atoms with Gasteiger partial charge in [0.1, 0.15) is 17.3 Å². The first-order valence-corrected chi connectivity index (χ1v) is 12.4. The average molecular weight is 528 g/mol. The van der Waals surface area contributed by atoms with Crippen molar-refractivity contribution in [2.45, 2.75) is 25.7 Å². The van der Waals surface area contributed by atoms with Crippen LogP contribution in [0.3, 0.4) is 0 Å². The molecule has 186 valence electrons. The number of halogens is 2. The number of nitrogens with one attached hydrogen (secondary N) is 1. The normalized spacial score (nSPS) is 15.3. The van der Waals surface area contributed by atoms with Crippen LogP contribution in [0.2, 0.25) is 5.02 Å². The summed E-state index contributed by atoms with van der Waals surface area (Å²) >= 11 is 7.94. The molecule has 0 fully saturated rings. The number of aromatic nitrogens is 3. The molecule has 0 unspecified atom stereocenters. The van der Waals surface area contributed by atoms with Crippen LogP contribution in [0.25, 0.3) is 11.1 Å². The van der Waals surface area contributed by atoms with E-state index >= 15 is 0 Å². The van der Waals surface area contributed by atoms with Gasteiger partial charge in [0.05, 0.1) is 24.3 Å². The Kier molecular flexibility index (Phi) is 7.01. The number of hydrogen-bond donors (Lipinski definition) is 2. The molecule has 0 saturated carbocycles. The zero-order chi connectivity index (χ0) is 25.2. The van der Waals surface area contributed by atoms with Gasteiger partial charge in [0, 0.05) is 55.3 Å². The van der Waals surface area contributed by atoms with Crippen molar-refractivity contribution in [2.24, 2.45) is 0 Å². The van der Waals surface area contributed by atoms with Crippen LogP contribution < -0.4 is 5.32 Å². The van der Waals surface area contributed by atoms with Crippen molar-refractivity contribution in [2.75, 3.05) is 19.0 Å². The number of ether oxygens (including phenoxy) is 1. The molecule has 0 saturated heterocycles. The number of amides is 1. The topological polar surface area (TPSA) is 92.5 Å². The first-order chi connectivity index (χ1) is 17.5. The zero-order valence-electron chi connectivity index (χ0n) is 19.3. The Bertz CT molecular complexity index is 1390. The number of nitrogens with zero attached hydrogens (tertiary/aromatic N) is 4. The minimum absolute atomic E-state index is 0.152. The van der Waals surface area contributed by atoms with E-state index in [2.05, 4.69) is 15.3 Å². The first-order valence-electron chi connectivity index (χ1n) is 11.2. The number of anilines is 2. The first kappa shape index (κ1) is 24.4. The lowest BCUT2D eigenvalue weighted by Crippen LogP contribution is -2.49. The summed E-state index contributed by atoms with van der Waals surface area (Å²) in [7, 11) is 1.58. The van der Waals surface area contributed by atoms with Gasteiger partial charge in [-0.2, -0.15) is 0 Å². The second-order valence-electron chi connectivity index (χ2n) is 8.39. The molecule has 1 aliphatic rings. The maximum atomic E-state index is 14.0. The highest BCUT2D eigenvalue weighted by molar-refractivity contribution is 7.13. The van der Waals surface area contributed by atoms with E-state index in [9.17, 15) is 14.3 Å². The lowest BCUT2D eigenvalue weighted by molar-refractivity contribution is 0.0386. The van der Waals surface area contributed by atoms with Gasteiger partial charge in [-0.15, -0.1) is 11.3 Å². The maximum Gasteiger partial charge on any atom is 0.271 e. The van der Waals surface area contributed by atoms with Gasteiger partial charge in [0.2, 0.25) is 0 Å². The quantitative estimate of drug-likeness (QED) is 0.345.